The Morgan fingerprint density at radius 1 is 1.32 bits per heavy atom. The van der Waals surface area contributed by atoms with Crippen molar-refractivity contribution in [3.63, 3.8) is 0 Å². The molecule has 2 rings (SSSR count). The van der Waals surface area contributed by atoms with E-state index in [-0.39, 0.29) is 0 Å². The standard InChI is InChI=1S/C17H25NO/c1-3-16(15-11-7-8-12-17(15)19-2)18-13-14-9-5-4-6-10-14/h4-5,7-8,11-12,14,16,18H,3,6,9-10,13H2,1-2H3. The number of para-hydroxylation sites is 1. The average Bonchev–Trinajstić information content (AvgIpc) is 2.49. The molecule has 0 amide bonds. The molecule has 104 valence electrons. The zero-order valence-corrected chi connectivity index (χ0v) is 12.1. The third-order valence-electron chi connectivity index (χ3n) is 3.95. The molecule has 1 N–H and O–H groups in total. The van der Waals surface area contributed by atoms with Crippen LogP contribution in [0.4, 0.5) is 0 Å². The molecule has 2 nitrogen and oxygen atoms in total. The van der Waals surface area contributed by atoms with Gasteiger partial charge in [-0.1, -0.05) is 37.3 Å². The van der Waals surface area contributed by atoms with Crippen molar-refractivity contribution in [2.45, 2.75) is 38.6 Å². The molecular weight excluding hydrogens is 234 g/mol. The van der Waals surface area contributed by atoms with Crippen LogP contribution >= 0.6 is 0 Å². The van der Waals surface area contributed by atoms with E-state index in [0.717, 1.165) is 24.6 Å². The normalized spacial score (nSPS) is 20.2. The van der Waals surface area contributed by atoms with Crippen molar-refractivity contribution in [2.75, 3.05) is 13.7 Å². The lowest BCUT2D eigenvalue weighted by Gasteiger charge is -2.24. The van der Waals surface area contributed by atoms with Gasteiger partial charge in [-0.25, -0.2) is 0 Å². The topological polar surface area (TPSA) is 21.3 Å². The quantitative estimate of drug-likeness (QED) is 0.777. The van der Waals surface area contributed by atoms with E-state index in [9.17, 15) is 0 Å². The molecule has 1 aliphatic rings. The van der Waals surface area contributed by atoms with E-state index < -0.39 is 0 Å². The van der Waals surface area contributed by atoms with Gasteiger partial charge >= 0.3 is 0 Å². The summed E-state index contributed by atoms with van der Waals surface area (Å²) < 4.78 is 5.47. The van der Waals surface area contributed by atoms with Crippen LogP contribution < -0.4 is 10.1 Å². The zero-order chi connectivity index (χ0) is 13.5. The van der Waals surface area contributed by atoms with Crippen molar-refractivity contribution in [2.24, 2.45) is 5.92 Å². The number of rotatable bonds is 6. The largest absolute Gasteiger partial charge is 0.496 e. The van der Waals surface area contributed by atoms with E-state index in [4.69, 9.17) is 4.74 Å². The van der Waals surface area contributed by atoms with E-state index in [1.165, 1.54) is 24.8 Å². The lowest BCUT2D eigenvalue weighted by molar-refractivity contribution is 0.376. The maximum Gasteiger partial charge on any atom is 0.123 e. The van der Waals surface area contributed by atoms with Crippen LogP contribution in [0.15, 0.2) is 36.4 Å². The van der Waals surface area contributed by atoms with Gasteiger partial charge in [0.2, 0.25) is 0 Å². The fraction of sp³-hybridized carbons (Fsp3) is 0.529. The van der Waals surface area contributed by atoms with Crippen molar-refractivity contribution in [1.29, 1.82) is 0 Å². The van der Waals surface area contributed by atoms with Crippen LogP contribution in [0.2, 0.25) is 0 Å². The highest BCUT2D eigenvalue weighted by Gasteiger charge is 2.16. The molecule has 0 aliphatic heterocycles. The Hall–Kier alpha value is -1.28. The predicted molar refractivity (Wildman–Crippen MR) is 80.5 cm³/mol. The maximum atomic E-state index is 5.47. The summed E-state index contributed by atoms with van der Waals surface area (Å²) in [6, 6.07) is 8.72. The lowest BCUT2D eigenvalue weighted by atomic mass is 9.93. The van der Waals surface area contributed by atoms with E-state index >= 15 is 0 Å². The van der Waals surface area contributed by atoms with Crippen LogP contribution in [0.1, 0.15) is 44.2 Å². The van der Waals surface area contributed by atoms with Gasteiger partial charge in [0.15, 0.2) is 0 Å². The van der Waals surface area contributed by atoms with Gasteiger partial charge in [0.25, 0.3) is 0 Å². The number of hydrogen-bond donors (Lipinski definition) is 1. The highest BCUT2D eigenvalue weighted by atomic mass is 16.5. The summed E-state index contributed by atoms with van der Waals surface area (Å²) in [5.41, 5.74) is 1.28. The second-order valence-electron chi connectivity index (χ2n) is 5.26. The smallest absolute Gasteiger partial charge is 0.123 e. The Labute approximate surface area is 116 Å². The Kier molecular flexibility index (Phi) is 5.46. The highest BCUT2D eigenvalue weighted by Crippen LogP contribution is 2.27. The summed E-state index contributed by atoms with van der Waals surface area (Å²) in [4.78, 5) is 0. The van der Waals surface area contributed by atoms with E-state index in [1.54, 1.807) is 7.11 Å². The van der Waals surface area contributed by atoms with Gasteiger partial charge in [-0.2, -0.15) is 0 Å². The summed E-state index contributed by atoms with van der Waals surface area (Å²) in [6.45, 7) is 3.33. The Balaban J connectivity index is 1.97. The first-order valence-corrected chi connectivity index (χ1v) is 7.36. The van der Waals surface area contributed by atoms with Gasteiger partial charge in [0.05, 0.1) is 7.11 Å². The second kappa shape index (κ2) is 7.34. The highest BCUT2D eigenvalue weighted by molar-refractivity contribution is 5.35. The minimum absolute atomic E-state index is 0.391. The summed E-state index contributed by atoms with van der Waals surface area (Å²) in [6.07, 6.45) is 9.47. The molecule has 2 heteroatoms. The first kappa shape index (κ1) is 14.1. The molecule has 1 aromatic rings. The van der Waals surface area contributed by atoms with E-state index in [0.29, 0.717) is 6.04 Å². The van der Waals surface area contributed by atoms with Crippen LogP contribution in [-0.2, 0) is 0 Å². The number of methoxy groups -OCH3 is 1. The number of nitrogens with one attached hydrogen (secondary N) is 1. The molecule has 0 bridgehead atoms. The summed E-state index contributed by atoms with van der Waals surface area (Å²) >= 11 is 0. The van der Waals surface area contributed by atoms with Crippen LogP contribution in [-0.4, -0.2) is 13.7 Å². The third-order valence-corrected chi connectivity index (χ3v) is 3.95. The number of benzene rings is 1. The van der Waals surface area contributed by atoms with Crippen LogP contribution in [0, 0.1) is 5.92 Å². The van der Waals surface area contributed by atoms with Crippen molar-refractivity contribution in [3.8, 4) is 5.75 Å². The molecular formula is C17H25NO. The molecule has 0 saturated carbocycles. The molecule has 1 aliphatic carbocycles. The van der Waals surface area contributed by atoms with Gasteiger partial charge in [-0.15, -0.1) is 0 Å². The molecule has 0 radical (unpaired) electrons. The zero-order valence-electron chi connectivity index (χ0n) is 12.1. The molecule has 2 atom stereocenters. The molecule has 0 saturated heterocycles. The Morgan fingerprint density at radius 3 is 2.84 bits per heavy atom. The van der Waals surface area contributed by atoms with Gasteiger partial charge < -0.3 is 10.1 Å². The van der Waals surface area contributed by atoms with Crippen molar-refractivity contribution < 1.29 is 4.74 Å². The minimum Gasteiger partial charge on any atom is -0.496 e. The monoisotopic (exact) mass is 259 g/mol. The molecule has 0 aromatic heterocycles. The second-order valence-corrected chi connectivity index (χ2v) is 5.26. The van der Waals surface area contributed by atoms with Crippen molar-refractivity contribution >= 4 is 0 Å². The van der Waals surface area contributed by atoms with E-state index in [2.05, 4.69) is 36.5 Å². The third kappa shape index (κ3) is 3.84. The minimum atomic E-state index is 0.391. The molecule has 19 heavy (non-hydrogen) atoms. The first-order chi connectivity index (χ1) is 9.35. The maximum absolute atomic E-state index is 5.47. The van der Waals surface area contributed by atoms with Gasteiger partial charge in [0, 0.05) is 11.6 Å². The SMILES string of the molecule is CCC(NCC1CC=CCC1)c1ccccc1OC. The first-order valence-electron chi connectivity index (χ1n) is 7.36. The summed E-state index contributed by atoms with van der Waals surface area (Å²) in [5, 5.41) is 3.72. The fourth-order valence-electron chi connectivity index (χ4n) is 2.78. The molecule has 0 fully saturated rings. The number of allylic oxidation sites excluding steroid dienone is 2. The Bertz CT molecular complexity index is 413. The summed E-state index contributed by atoms with van der Waals surface area (Å²) in [7, 11) is 1.75. The predicted octanol–water partition coefficient (Wildman–Crippen LogP) is 4.09. The number of ether oxygens (including phenoxy) is 1. The van der Waals surface area contributed by atoms with Crippen LogP contribution in [0.25, 0.3) is 0 Å². The lowest BCUT2D eigenvalue weighted by Crippen LogP contribution is -2.27. The molecule has 2 unspecified atom stereocenters. The van der Waals surface area contributed by atoms with Gasteiger partial charge in [-0.3, -0.25) is 0 Å². The van der Waals surface area contributed by atoms with Gasteiger partial charge in [-0.05, 0) is 44.2 Å². The number of hydrogen-bond acceptors (Lipinski definition) is 2. The molecule has 0 heterocycles. The van der Waals surface area contributed by atoms with Crippen molar-refractivity contribution in [3.05, 3.63) is 42.0 Å². The molecule has 1 aromatic carbocycles. The van der Waals surface area contributed by atoms with E-state index in [1.807, 2.05) is 12.1 Å². The average molecular weight is 259 g/mol. The van der Waals surface area contributed by atoms with Crippen LogP contribution in [0.5, 0.6) is 5.75 Å². The van der Waals surface area contributed by atoms with Gasteiger partial charge in [0.1, 0.15) is 5.75 Å². The van der Waals surface area contributed by atoms with Crippen molar-refractivity contribution in [1.82, 2.24) is 5.32 Å². The fourth-order valence-corrected chi connectivity index (χ4v) is 2.78. The molecule has 0 spiro atoms. The Morgan fingerprint density at radius 2 is 2.16 bits per heavy atom. The van der Waals surface area contributed by atoms with Crippen LogP contribution in [0.3, 0.4) is 0 Å². The summed E-state index contributed by atoms with van der Waals surface area (Å²) in [5.74, 6) is 1.78.